The fourth-order valence-electron chi connectivity index (χ4n) is 3.37. The molecule has 122 valence electrons. The van der Waals surface area contributed by atoms with E-state index >= 15 is 0 Å². The highest BCUT2D eigenvalue weighted by Crippen LogP contribution is 2.25. The molecule has 0 aliphatic carbocycles. The van der Waals surface area contributed by atoms with Crippen LogP contribution in [0, 0.1) is 0 Å². The first-order valence-corrected chi connectivity index (χ1v) is 8.41. The van der Waals surface area contributed by atoms with Crippen molar-refractivity contribution in [3.63, 3.8) is 0 Å². The summed E-state index contributed by atoms with van der Waals surface area (Å²) in [6.45, 7) is 2.28. The Morgan fingerprint density at radius 1 is 0.550 bits per heavy atom. The van der Waals surface area contributed by atoms with Crippen molar-refractivity contribution < 1.29 is 0 Å². The summed E-state index contributed by atoms with van der Waals surface area (Å²) in [5, 5.41) is 0. The van der Waals surface area contributed by atoms with Crippen LogP contribution in [0.2, 0.25) is 0 Å². The third kappa shape index (κ3) is 6.11. The van der Waals surface area contributed by atoms with Crippen LogP contribution in [0.5, 0.6) is 0 Å². The van der Waals surface area contributed by atoms with Gasteiger partial charge in [0.05, 0.1) is 0 Å². The molecule has 0 aromatic heterocycles. The van der Waals surface area contributed by atoms with E-state index in [-0.39, 0.29) is 5.79 Å². The summed E-state index contributed by atoms with van der Waals surface area (Å²) in [5.41, 5.74) is 0. The molecule has 0 N–H and O–H groups in total. The molecular formula is C17H39N3. The van der Waals surface area contributed by atoms with E-state index in [1.54, 1.807) is 0 Å². The van der Waals surface area contributed by atoms with E-state index in [0.29, 0.717) is 0 Å². The van der Waals surface area contributed by atoms with Gasteiger partial charge in [-0.3, -0.25) is 14.7 Å². The maximum atomic E-state index is 2.34. The third-order valence-corrected chi connectivity index (χ3v) is 4.51. The van der Waals surface area contributed by atoms with Gasteiger partial charge < -0.3 is 0 Å². The normalized spacial score (nSPS) is 12.9. The lowest BCUT2D eigenvalue weighted by molar-refractivity contribution is -0.115. The first kappa shape index (κ1) is 19.9. The lowest BCUT2D eigenvalue weighted by atomic mass is 10.0. The Hall–Kier alpha value is -0.120. The fraction of sp³-hybridized carbons (Fsp3) is 1.00. The maximum absolute atomic E-state index is 2.34. The first-order chi connectivity index (χ1) is 9.39. The van der Waals surface area contributed by atoms with Gasteiger partial charge in [-0.25, -0.2) is 0 Å². The molecule has 0 bridgehead atoms. The number of hydrogen-bond acceptors (Lipinski definition) is 3. The van der Waals surface area contributed by atoms with Crippen molar-refractivity contribution in [2.45, 2.75) is 70.5 Å². The quantitative estimate of drug-likeness (QED) is 0.398. The van der Waals surface area contributed by atoms with E-state index < -0.39 is 0 Å². The molecule has 3 nitrogen and oxygen atoms in total. The molecule has 0 radical (unpaired) electrons. The molecule has 0 aliphatic rings. The zero-order valence-corrected chi connectivity index (χ0v) is 15.2. The van der Waals surface area contributed by atoms with Gasteiger partial charge in [-0.2, -0.15) is 0 Å². The van der Waals surface area contributed by atoms with Crippen LogP contribution in [0.15, 0.2) is 0 Å². The van der Waals surface area contributed by atoms with E-state index in [0.717, 1.165) is 0 Å². The molecule has 0 aromatic carbocycles. The van der Waals surface area contributed by atoms with Crippen molar-refractivity contribution in [2.24, 2.45) is 0 Å². The van der Waals surface area contributed by atoms with E-state index in [1.807, 2.05) is 0 Å². The smallest absolute Gasteiger partial charge is 0.129 e. The summed E-state index contributed by atoms with van der Waals surface area (Å²) in [6.07, 6.45) is 12.3. The number of nitrogens with zero attached hydrogens (tertiary/aromatic N) is 3. The van der Waals surface area contributed by atoms with E-state index in [9.17, 15) is 0 Å². The lowest BCUT2D eigenvalue weighted by Gasteiger charge is -2.50. The van der Waals surface area contributed by atoms with E-state index in [4.69, 9.17) is 0 Å². The zero-order chi connectivity index (χ0) is 15.6. The average Bonchev–Trinajstić information content (AvgIpc) is 2.35. The largest absolute Gasteiger partial charge is 0.279 e. The van der Waals surface area contributed by atoms with Gasteiger partial charge in [-0.05, 0) is 55.1 Å². The second kappa shape index (κ2) is 10.6. The molecule has 0 fully saturated rings. The minimum Gasteiger partial charge on any atom is -0.279 e. The Bertz CT molecular complexity index is 203. The van der Waals surface area contributed by atoms with Crippen LogP contribution >= 0.6 is 0 Å². The van der Waals surface area contributed by atoms with Gasteiger partial charge in [0.2, 0.25) is 0 Å². The third-order valence-electron chi connectivity index (χ3n) is 4.51. The van der Waals surface area contributed by atoms with Crippen LogP contribution in [0.3, 0.4) is 0 Å². The molecule has 0 spiro atoms. The average molecular weight is 286 g/mol. The second-order valence-corrected chi connectivity index (χ2v) is 6.68. The Balaban J connectivity index is 4.04. The maximum Gasteiger partial charge on any atom is 0.129 e. The number of hydrogen-bond donors (Lipinski definition) is 0. The van der Waals surface area contributed by atoms with E-state index in [1.165, 1.54) is 57.8 Å². The molecule has 3 heteroatoms. The van der Waals surface area contributed by atoms with Crippen molar-refractivity contribution >= 4 is 0 Å². The van der Waals surface area contributed by atoms with E-state index in [2.05, 4.69) is 63.9 Å². The van der Waals surface area contributed by atoms with Crippen molar-refractivity contribution in [3.8, 4) is 0 Å². The molecule has 0 atom stereocenters. The standard InChI is InChI=1S/C17H39N3/c1-8-9-10-11-12-13-14-15-16-17(18(2)3,19(4)5)20(6)7/h8-16H2,1-7H3. The summed E-state index contributed by atoms with van der Waals surface area (Å²) in [5.74, 6) is 0.0439. The number of unbranched alkanes of at least 4 members (excludes halogenated alkanes) is 7. The fourth-order valence-corrected chi connectivity index (χ4v) is 3.37. The van der Waals surface area contributed by atoms with Crippen LogP contribution in [0.4, 0.5) is 0 Å². The molecule has 20 heavy (non-hydrogen) atoms. The van der Waals surface area contributed by atoms with Crippen LogP contribution in [-0.4, -0.2) is 62.8 Å². The monoisotopic (exact) mass is 285 g/mol. The van der Waals surface area contributed by atoms with Gasteiger partial charge in [-0.1, -0.05) is 51.9 Å². The van der Waals surface area contributed by atoms with Crippen molar-refractivity contribution in [1.82, 2.24) is 14.7 Å². The minimum atomic E-state index is 0.0439. The van der Waals surface area contributed by atoms with Gasteiger partial charge in [-0.15, -0.1) is 0 Å². The van der Waals surface area contributed by atoms with Crippen LogP contribution < -0.4 is 0 Å². The summed E-state index contributed by atoms with van der Waals surface area (Å²) < 4.78 is 0. The Morgan fingerprint density at radius 3 is 1.25 bits per heavy atom. The van der Waals surface area contributed by atoms with Gasteiger partial charge in [0, 0.05) is 0 Å². The second-order valence-electron chi connectivity index (χ2n) is 6.68. The van der Waals surface area contributed by atoms with Gasteiger partial charge in [0.15, 0.2) is 0 Å². The molecular weight excluding hydrogens is 246 g/mol. The predicted octanol–water partition coefficient (Wildman–Crippen LogP) is 3.86. The first-order valence-electron chi connectivity index (χ1n) is 8.41. The van der Waals surface area contributed by atoms with Crippen LogP contribution in [0.1, 0.15) is 64.7 Å². The Kier molecular flexibility index (Phi) is 10.5. The molecule has 0 aromatic rings. The number of rotatable bonds is 12. The Labute approximate surface area is 128 Å². The van der Waals surface area contributed by atoms with Crippen LogP contribution in [-0.2, 0) is 0 Å². The highest BCUT2D eigenvalue weighted by atomic mass is 15.5. The Morgan fingerprint density at radius 2 is 0.900 bits per heavy atom. The highest BCUT2D eigenvalue weighted by molar-refractivity contribution is 4.82. The molecule has 0 saturated carbocycles. The van der Waals surface area contributed by atoms with Crippen molar-refractivity contribution in [2.75, 3.05) is 42.3 Å². The molecule has 0 heterocycles. The highest BCUT2D eigenvalue weighted by Gasteiger charge is 2.36. The summed E-state index contributed by atoms with van der Waals surface area (Å²) in [7, 11) is 13.1. The van der Waals surface area contributed by atoms with Crippen molar-refractivity contribution in [1.29, 1.82) is 0 Å². The molecule has 0 aliphatic heterocycles. The molecule has 0 unspecified atom stereocenters. The molecule has 0 rings (SSSR count). The summed E-state index contributed by atoms with van der Waals surface area (Å²) in [6, 6.07) is 0. The predicted molar refractivity (Wildman–Crippen MR) is 91.0 cm³/mol. The summed E-state index contributed by atoms with van der Waals surface area (Å²) in [4.78, 5) is 7.02. The van der Waals surface area contributed by atoms with Gasteiger partial charge >= 0.3 is 0 Å². The zero-order valence-electron chi connectivity index (χ0n) is 15.2. The van der Waals surface area contributed by atoms with Crippen LogP contribution in [0.25, 0.3) is 0 Å². The topological polar surface area (TPSA) is 9.72 Å². The lowest BCUT2D eigenvalue weighted by Crippen LogP contribution is -2.63. The SMILES string of the molecule is CCCCCCCCCCC(N(C)C)(N(C)C)N(C)C. The van der Waals surface area contributed by atoms with Gasteiger partial charge in [0.1, 0.15) is 5.79 Å². The van der Waals surface area contributed by atoms with Crippen molar-refractivity contribution in [3.05, 3.63) is 0 Å². The molecule has 0 amide bonds. The summed E-state index contributed by atoms with van der Waals surface area (Å²) >= 11 is 0. The van der Waals surface area contributed by atoms with Gasteiger partial charge in [0.25, 0.3) is 0 Å². The minimum absolute atomic E-state index is 0.0439. The molecule has 0 saturated heterocycles.